The number of para-hydroxylation sites is 1. The fourth-order valence-corrected chi connectivity index (χ4v) is 2.76. The van der Waals surface area contributed by atoms with Gasteiger partial charge in [-0.3, -0.25) is 14.7 Å². The van der Waals surface area contributed by atoms with Gasteiger partial charge in [0, 0.05) is 16.9 Å². The molecule has 1 amide bonds. The fraction of sp³-hybridized carbons (Fsp3) is 0.267. The number of aromatic nitrogens is 2. The van der Waals surface area contributed by atoms with E-state index in [0.717, 1.165) is 0 Å². The zero-order chi connectivity index (χ0) is 15.2. The van der Waals surface area contributed by atoms with Gasteiger partial charge in [0.15, 0.2) is 11.4 Å². The first-order valence-electron chi connectivity index (χ1n) is 6.61. The molecule has 2 heterocycles. The normalized spacial score (nSPS) is 20.2. The summed E-state index contributed by atoms with van der Waals surface area (Å²) in [5.74, 6) is -0.885. The molecule has 1 aliphatic rings. The van der Waals surface area contributed by atoms with E-state index in [2.05, 4.69) is 15.5 Å². The minimum Gasteiger partial charge on any atom is -0.375 e. The average Bonchev–Trinajstić information content (AvgIpc) is 2.89. The van der Waals surface area contributed by atoms with Crippen LogP contribution < -0.4 is 5.32 Å². The molecule has 6 nitrogen and oxygen atoms in total. The van der Waals surface area contributed by atoms with Gasteiger partial charge in [0.1, 0.15) is 0 Å². The molecule has 2 aromatic rings. The lowest BCUT2D eigenvalue weighted by Crippen LogP contribution is -2.36. The Morgan fingerprint density at radius 1 is 1.33 bits per heavy atom. The highest BCUT2D eigenvalue weighted by molar-refractivity contribution is 6.09. The van der Waals surface area contributed by atoms with Crippen LogP contribution in [0.25, 0.3) is 0 Å². The zero-order valence-corrected chi connectivity index (χ0v) is 11.7. The number of aromatic amines is 1. The first kappa shape index (κ1) is 13.5. The van der Waals surface area contributed by atoms with E-state index < -0.39 is 11.5 Å². The third-order valence-corrected chi connectivity index (χ3v) is 3.82. The van der Waals surface area contributed by atoms with Crippen molar-refractivity contribution in [3.05, 3.63) is 46.8 Å². The Morgan fingerprint density at radius 2 is 2.05 bits per heavy atom. The van der Waals surface area contributed by atoms with Gasteiger partial charge in [-0.05, 0) is 19.9 Å². The van der Waals surface area contributed by atoms with E-state index in [1.165, 1.54) is 0 Å². The van der Waals surface area contributed by atoms with Gasteiger partial charge in [0.2, 0.25) is 0 Å². The number of rotatable bonds is 3. The maximum atomic E-state index is 12.5. The Balaban J connectivity index is 1.98. The van der Waals surface area contributed by atoms with Crippen molar-refractivity contribution in [1.82, 2.24) is 10.2 Å². The van der Waals surface area contributed by atoms with E-state index in [4.69, 9.17) is 0 Å². The van der Waals surface area contributed by atoms with Crippen LogP contribution in [0.3, 0.4) is 0 Å². The van der Waals surface area contributed by atoms with Gasteiger partial charge in [-0.2, -0.15) is 5.10 Å². The summed E-state index contributed by atoms with van der Waals surface area (Å²) in [6, 6.07) is 6.83. The number of hydrogen-bond donors (Lipinski definition) is 3. The van der Waals surface area contributed by atoms with Crippen molar-refractivity contribution < 1.29 is 14.7 Å². The summed E-state index contributed by atoms with van der Waals surface area (Å²) in [5.41, 5.74) is 0.769. The predicted octanol–water partition coefficient (Wildman–Crippen LogP) is 1.44. The molecule has 1 aromatic carbocycles. The molecule has 0 aliphatic carbocycles. The fourth-order valence-electron chi connectivity index (χ4n) is 2.76. The van der Waals surface area contributed by atoms with Crippen LogP contribution in [-0.4, -0.2) is 27.0 Å². The number of Topliss-reactive ketones (excluding diaryl/α,β-unsaturated/α-hetero) is 1. The Kier molecular flexibility index (Phi) is 2.91. The second-order valence-electron chi connectivity index (χ2n) is 5.27. The highest BCUT2D eigenvalue weighted by atomic mass is 16.3. The number of carbonyl (C=O) groups is 2. The van der Waals surface area contributed by atoms with Crippen molar-refractivity contribution in [2.45, 2.75) is 25.9 Å². The molecule has 1 aromatic heterocycles. The van der Waals surface area contributed by atoms with E-state index in [9.17, 15) is 14.7 Å². The lowest BCUT2D eigenvalue weighted by atomic mass is 9.88. The second kappa shape index (κ2) is 4.53. The van der Waals surface area contributed by atoms with E-state index >= 15 is 0 Å². The SMILES string of the molecule is Cc1n[nH]c(C)c1C(=O)CC1(O)C(=O)Nc2ccccc21. The van der Waals surface area contributed by atoms with Gasteiger partial charge in [0.05, 0.1) is 17.7 Å². The first-order valence-corrected chi connectivity index (χ1v) is 6.61. The third kappa shape index (κ3) is 1.95. The van der Waals surface area contributed by atoms with Gasteiger partial charge in [-0.15, -0.1) is 0 Å². The minimum atomic E-state index is -1.83. The molecule has 0 spiro atoms. The number of benzene rings is 1. The number of fused-ring (bicyclic) bond motifs is 1. The van der Waals surface area contributed by atoms with Crippen LogP contribution in [-0.2, 0) is 10.4 Å². The van der Waals surface area contributed by atoms with Gasteiger partial charge < -0.3 is 10.4 Å². The maximum absolute atomic E-state index is 12.5. The molecular formula is C15H15N3O3. The van der Waals surface area contributed by atoms with Crippen LogP contribution in [0.1, 0.15) is 33.7 Å². The topological polar surface area (TPSA) is 95.1 Å². The van der Waals surface area contributed by atoms with Gasteiger partial charge in [-0.1, -0.05) is 18.2 Å². The summed E-state index contributed by atoms with van der Waals surface area (Å²) < 4.78 is 0. The van der Waals surface area contributed by atoms with E-state index in [0.29, 0.717) is 28.2 Å². The summed E-state index contributed by atoms with van der Waals surface area (Å²) in [6.07, 6.45) is -0.308. The van der Waals surface area contributed by atoms with Crippen molar-refractivity contribution in [2.24, 2.45) is 0 Å². The van der Waals surface area contributed by atoms with Crippen LogP contribution in [0.5, 0.6) is 0 Å². The number of aliphatic hydroxyl groups is 1. The van der Waals surface area contributed by atoms with Crippen LogP contribution in [0.2, 0.25) is 0 Å². The van der Waals surface area contributed by atoms with Crippen LogP contribution in [0, 0.1) is 13.8 Å². The number of amides is 1. The van der Waals surface area contributed by atoms with Crippen molar-refractivity contribution in [1.29, 1.82) is 0 Å². The zero-order valence-electron chi connectivity index (χ0n) is 11.7. The minimum absolute atomic E-state index is 0.308. The average molecular weight is 285 g/mol. The highest BCUT2D eigenvalue weighted by Gasteiger charge is 2.47. The highest BCUT2D eigenvalue weighted by Crippen LogP contribution is 2.39. The lowest BCUT2D eigenvalue weighted by molar-refractivity contribution is -0.133. The molecule has 6 heteroatoms. The molecule has 1 atom stereocenters. The molecule has 0 saturated heterocycles. The summed E-state index contributed by atoms with van der Waals surface area (Å²) >= 11 is 0. The number of anilines is 1. The molecule has 3 rings (SSSR count). The maximum Gasteiger partial charge on any atom is 0.261 e. The van der Waals surface area contributed by atoms with Crippen LogP contribution >= 0.6 is 0 Å². The summed E-state index contributed by atoms with van der Waals surface area (Å²) in [5, 5.41) is 20.0. The molecule has 0 fully saturated rings. The van der Waals surface area contributed by atoms with E-state index in [-0.39, 0.29) is 12.2 Å². The molecule has 21 heavy (non-hydrogen) atoms. The first-order chi connectivity index (χ1) is 9.93. The third-order valence-electron chi connectivity index (χ3n) is 3.82. The molecule has 1 unspecified atom stereocenters. The molecule has 0 bridgehead atoms. The van der Waals surface area contributed by atoms with E-state index in [1.807, 2.05) is 0 Å². The lowest BCUT2D eigenvalue weighted by Gasteiger charge is -2.19. The Labute approximate surface area is 121 Å². The molecular weight excluding hydrogens is 270 g/mol. The Morgan fingerprint density at radius 3 is 2.71 bits per heavy atom. The van der Waals surface area contributed by atoms with Crippen molar-refractivity contribution >= 4 is 17.4 Å². The number of aryl methyl sites for hydroxylation is 2. The van der Waals surface area contributed by atoms with Crippen LogP contribution in [0.4, 0.5) is 5.69 Å². The number of H-pyrrole nitrogens is 1. The number of nitrogens with one attached hydrogen (secondary N) is 2. The second-order valence-corrected chi connectivity index (χ2v) is 5.27. The molecule has 0 saturated carbocycles. The van der Waals surface area contributed by atoms with Crippen molar-refractivity contribution in [3.63, 3.8) is 0 Å². The molecule has 1 aliphatic heterocycles. The quantitative estimate of drug-likeness (QED) is 0.744. The number of carbonyl (C=O) groups excluding carboxylic acids is 2. The van der Waals surface area contributed by atoms with Gasteiger partial charge in [0.25, 0.3) is 5.91 Å². The molecule has 0 radical (unpaired) electrons. The van der Waals surface area contributed by atoms with Gasteiger partial charge >= 0.3 is 0 Å². The molecule has 108 valence electrons. The Hall–Kier alpha value is -2.47. The van der Waals surface area contributed by atoms with Crippen molar-refractivity contribution in [2.75, 3.05) is 5.32 Å². The monoisotopic (exact) mass is 285 g/mol. The number of nitrogens with zero attached hydrogens (tertiary/aromatic N) is 1. The summed E-state index contributed by atoms with van der Waals surface area (Å²) in [6.45, 7) is 3.45. The predicted molar refractivity (Wildman–Crippen MR) is 76.0 cm³/mol. The van der Waals surface area contributed by atoms with E-state index in [1.54, 1.807) is 38.1 Å². The van der Waals surface area contributed by atoms with Gasteiger partial charge in [-0.25, -0.2) is 0 Å². The number of ketones is 1. The summed E-state index contributed by atoms with van der Waals surface area (Å²) in [4.78, 5) is 24.6. The smallest absolute Gasteiger partial charge is 0.261 e. The van der Waals surface area contributed by atoms with Crippen LogP contribution in [0.15, 0.2) is 24.3 Å². The standard InChI is InChI=1S/C15H15N3O3/c1-8-13(9(2)18-17-8)12(19)7-15(21)10-5-3-4-6-11(10)16-14(15)20/h3-6,21H,7H2,1-2H3,(H,16,20)(H,17,18). The summed E-state index contributed by atoms with van der Waals surface area (Å²) in [7, 11) is 0. The number of hydrogen-bond acceptors (Lipinski definition) is 4. The van der Waals surface area contributed by atoms with Crippen molar-refractivity contribution in [3.8, 4) is 0 Å². The Bertz CT molecular complexity index is 731. The molecule has 3 N–H and O–H groups in total. The largest absolute Gasteiger partial charge is 0.375 e.